The molecule has 0 aromatic carbocycles. The molecule has 0 radical (unpaired) electrons. The van der Waals surface area contributed by atoms with E-state index in [9.17, 15) is 4.79 Å². The maximum Gasteiger partial charge on any atom is 0.179 e. The maximum atomic E-state index is 11.0. The Labute approximate surface area is 68.9 Å². The molecule has 0 aliphatic heterocycles. The molecule has 1 atom stereocenters. The molecule has 0 aromatic heterocycles. The highest BCUT2D eigenvalue weighted by Crippen LogP contribution is 1.93. The van der Waals surface area contributed by atoms with Crippen LogP contribution in [0.4, 0.5) is 0 Å². The van der Waals surface area contributed by atoms with E-state index < -0.39 is 0 Å². The normalized spacial score (nSPS) is 11.9. The predicted molar refractivity (Wildman–Crippen MR) is 46.2 cm³/mol. The monoisotopic (exact) mass is 159 g/mol. The largest absolute Gasteiger partial charge is 0.483 e. The number of hydrogen-bond acceptors (Lipinski definition) is 3. The van der Waals surface area contributed by atoms with Crippen LogP contribution in [-0.2, 0) is 9.53 Å². The van der Waals surface area contributed by atoms with Crippen molar-refractivity contribution in [3.63, 3.8) is 0 Å². The van der Waals surface area contributed by atoms with Crippen LogP contribution in [0.25, 0.3) is 0 Å². The number of nitrogens with one attached hydrogen (secondary N) is 1. The molecule has 0 saturated heterocycles. The Morgan fingerprint density at radius 3 is 2.73 bits per heavy atom. The molecule has 0 unspecified atom stereocenters. The Morgan fingerprint density at radius 2 is 2.36 bits per heavy atom. The van der Waals surface area contributed by atoms with Gasteiger partial charge in [0.05, 0.1) is 13.2 Å². The third-order valence-corrected chi connectivity index (χ3v) is 1.46. The maximum absolute atomic E-state index is 11.0. The van der Waals surface area contributed by atoms with Gasteiger partial charge >= 0.3 is 0 Å². The lowest BCUT2D eigenvalue weighted by Gasteiger charge is -2.13. The number of ketones is 1. The standard InChI is InChI=1S/C8H15NO2.H2/c1-5-8(10)6(2)9-7(3)11-4;/h6,9H,3,5H2,1-2,4H3;1H/t6-;/m1./s1. The highest BCUT2D eigenvalue weighted by Gasteiger charge is 2.09. The fraction of sp³-hybridized carbons (Fsp3) is 0.625. The van der Waals surface area contributed by atoms with Gasteiger partial charge in [0.2, 0.25) is 0 Å². The first-order valence-corrected chi connectivity index (χ1v) is 3.64. The van der Waals surface area contributed by atoms with Crippen molar-refractivity contribution in [3.05, 3.63) is 12.5 Å². The van der Waals surface area contributed by atoms with Gasteiger partial charge in [-0.25, -0.2) is 0 Å². The van der Waals surface area contributed by atoms with Crippen molar-refractivity contribution in [1.29, 1.82) is 0 Å². The Kier molecular flexibility index (Phi) is 4.34. The minimum Gasteiger partial charge on any atom is -0.483 e. The fourth-order valence-corrected chi connectivity index (χ4v) is 0.687. The SMILES string of the molecule is C=C(N[C@H](C)C(=O)CC)OC.[HH]. The molecule has 1 N–H and O–H groups in total. The van der Waals surface area contributed by atoms with Crippen LogP contribution in [0, 0.1) is 0 Å². The number of hydrogen-bond donors (Lipinski definition) is 1. The molecule has 3 heteroatoms. The number of carbonyl (C=O) groups is 1. The van der Waals surface area contributed by atoms with Gasteiger partial charge in [0, 0.05) is 7.85 Å². The van der Waals surface area contributed by atoms with Gasteiger partial charge in [-0.3, -0.25) is 4.79 Å². The lowest BCUT2D eigenvalue weighted by atomic mass is 10.2. The van der Waals surface area contributed by atoms with Crippen LogP contribution in [0.15, 0.2) is 12.5 Å². The predicted octanol–water partition coefficient (Wildman–Crippen LogP) is 1.31. The molecule has 0 aliphatic carbocycles. The third-order valence-electron chi connectivity index (χ3n) is 1.46. The quantitative estimate of drug-likeness (QED) is 0.614. The van der Waals surface area contributed by atoms with Crippen molar-refractivity contribution in [2.24, 2.45) is 0 Å². The van der Waals surface area contributed by atoms with Crippen LogP contribution in [0.5, 0.6) is 0 Å². The highest BCUT2D eigenvalue weighted by atomic mass is 16.5. The number of ether oxygens (including phenoxy) is 1. The summed E-state index contributed by atoms with van der Waals surface area (Å²) in [5.41, 5.74) is 0. The molecule has 66 valence electrons. The second kappa shape index (κ2) is 4.77. The molecule has 11 heavy (non-hydrogen) atoms. The Bertz CT molecular complexity index is 159. The van der Waals surface area contributed by atoms with Gasteiger partial charge < -0.3 is 10.1 Å². The van der Waals surface area contributed by atoms with Gasteiger partial charge in [0.1, 0.15) is 0 Å². The number of methoxy groups -OCH3 is 1. The average Bonchev–Trinajstić information content (AvgIpc) is 2.02. The number of carbonyl (C=O) groups excluding carboxylic acids is 1. The summed E-state index contributed by atoms with van der Waals surface area (Å²) in [5.74, 6) is 0.586. The lowest BCUT2D eigenvalue weighted by Crippen LogP contribution is -2.32. The van der Waals surface area contributed by atoms with Gasteiger partial charge in [-0.15, -0.1) is 0 Å². The summed E-state index contributed by atoms with van der Waals surface area (Å²) in [6.07, 6.45) is 0.533. The summed E-state index contributed by atoms with van der Waals surface area (Å²) in [6.45, 7) is 7.16. The summed E-state index contributed by atoms with van der Waals surface area (Å²) >= 11 is 0. The molecule has 0 saturated carbocycles. The molecule has 0 heterocycles. The van der Waals surface area contributed by atoms with Crippen LogP contribution < -0.4 is 5.32 Å². The first kappa shape index (κ1) is 10.0. The van der Waals surface area contributed by atoms with Crippen LogP contribution >= 0.6 is 0 Å². The van der Waals surface area contributed by atoms with E-state index in [1.165, 1.54) is 7.11 Å². The van der Waals surface area contributed by atoms with Gasteiger partial charge in [0.15, 0.2) is 11.7 Å². The molecular weight excluding hydrogens is 142 g/mol. The van der Waals surface area contributed by atoms with E-state index in [4.69, 9.17) is 4.74 Å². The smallest absolute Gasteiger partial charge is 0.179 e. The first-order valence-electron chi connectivity index (χ1n) is 3.64. The Hall–Kier alpha value is -0.990. The van der Waals surface area contributed by atoms with Crippen molar-refractivity contribution in [2.45, 2.75) is 26.3 Å². The third kappa shape index (κ3) is 3.65. The lowest BCUT2D eigenvalue weighted by molar-refractivity contribution is -0.120. The second-order valence-electron chi connectivity index (χ2n) is 2.31. The molecule has 3 nitrogen and oxygen atoms in total. The molecule has 0 aliphatic rings. The van der Waals surface area contributed by atoms with Crippen LogP contribution in [0.1, 0.15) is 21.7 Å². The van der Waals surface area contributed by atoms with E-state index in [-0.39, 0.29) is 13.3 Å². The van der Waals surface area contributed by atoms with Crippen molar-refractivity contribution in [3.8, 4) is 0 Å². The van der Waals surface area contributed by atoms with E-state index in [0.717, 1.165) is 0 Å². The highest BCUT2D eigenvalue weighted by molar-refractivity contribution is 5.83. The van der Waals surface area contributed by atoms with E-state index in [1.54, 1.807) is 6.92 Å². The molecule has 0 fully saturated rings. The molecule has 0 bridgehead atoms. The first-order chi connectivity index (χ1) is 5.11. The zero-order valence-corrected chi connectivity index (χ0v) is 7.31. The summed E-state index contributed by atoms with van der Waals surface area (Å²) in [6, 6.07) is -0.201. The summed E-state index contributed by atoms with van der Waals surface area (Å²) < 4.78 is 4.76. The van der Waals surface area contributed by atoms with Gasteiger partial charge in [-0.05, 0) is 13.5 Å². The average molecular weight is 159 g/mol. The van der Waals surface area contributed by atoms with E-state index in [0.29, 0.717) is 12.3 Å². The van der Waals surface area contributed by atoms with E-state index in [1.807, 2.05) is 6.92 Å². The topological polar surface area (TPSA) is 38.3 Å². The number of Topliss-reactive ketones (excluding diaryl/α,β-unsaturated/α-hetero) is 1. The van der Waals surface area contributed by atoms with Gasteiger partial charge in [-0.2, -0.15) is 0 Å². The van der Waals surface area contributed by atoms with Gasteiger partial charge in [0.25, 0.3) is 0 Å². The van der Waals surface area contributed by atoms with Crippen molar-refractivity contribution >= 4 is 5.78 Å². The molecular formula is C8H17NO2. The fourth-order valence-electron chi connectivity index (χ4n) is 0.687. The van der Waals surface area contributed by atoms with Crippen molar-refractivity contribution in [2.75, 3.05) is 7.11 Å². The molecule has 0 amide bonds. The molecule has 0 spiro atoms. The zero-order valence-electron chi connectivity index (χ0n) is 7.31. The van der Waals surface area contributed by atoms with Crippen LogP contribution in [0.2, 0.25) is 0 Å². The summed E-state index contributed by atoms with van der Waals surface area (Å²) in [4.78, 5) is 11.0. The number of rotatable bonds is 5. The van der Waals surface area contributed by atoms with E-state index >= 15 is 0 Å². The minimum absolute atomic E-state index is 0. The van der Waals surface area contributed by atoms with Crippen molar-refractivity contribution in [1.82, 2.24) is 5.32 Å². The second-order valence-corrected chi connectivity index (χ2v) is 2.31. The Morgan fingerprint density at radius 1 is 1.82 bits per heavy atom. The minimum atomic E-state index is -0.201. The van der Waals surface area contributed by atoms with Crippen molar-refractivity contribution < 1.29 is 11.0 Å². The zero-order chi connectivity index (χ0) is 8.85. The molecule has 0 rings (SSSR count). The molecule has 0 aromatic rings. The van der Waals surface area contributed by atoms with Crippen LogP contribution in [0.3, 0.4) is 0 Å². The van der Waals surface area contributed by atoms with Gasteiger partial charge in [-0.1, -0.05) is 6.92 Å². The summed E-state index contributed by atoms with van der Waals surface area (Å²) in [5, 5.41) is 2.81. The van der Waals surface area contributed by atoms with Crippen LogP contribution in [-0.4, -0.2) is 18.9 Å². The Balaban J connectivity index is 0. The van der Waals surface area contributed by atoms with E-state index in [2.05, 4.69) is 11.9 Å². The summed E-state index contributed by atoms with van der Waals surface area (Å²) in [7, 11) is 1.51.